The molecule has 0 fully saturated rings. The number of amides is 1. The maximum Gasteiger partial charge on any atom is 0.308 e. The standard InChI is InChI=1S/C13H21NO3/c1-2-5-11(13(16)17)9-14-12(15)8-10-6-3-4-7-10/h3,6,10-11H,2,4-5,7-9H2,1H3,(H,14,15)(H,16,17). The van der Waals surface area contributed by atoms with Gasteiger partial charge in [0.2, 0.25) is 5.91 Å². The van der Waals surface area contributed by atoms with E-state index in [-0.39, 0.29) is 12.5 Å². The molecule has 2 unspecified atom stereocenters. The third-order valence-corrected chi connectivity index (χ3v) is 3.09. The van der Waals surface area contributed by atoms with Crippen LogP contribution in [0.3, 0.4) is 0 Å². The van der Waals surface area contributed by atoms with Crippen LogP contribution in [-0.2, 0) is 9.59 Å². The number of nitrogens with one attached hydrogen (secondary N) is 1. The normalized spacial score (nSPS) is 20.2. The van der Waals surface area contributed by atoms with E-state index < -0.39 is 11.9 Å². The highest BCUT2D eigenvalue weighted by Crippen LogP contribution is 2.20. The zero-order chi connectivity index (χ0) is 12.7. The van der Waals surface area contributed by atoms with Crippen molar-refractivity contribution in [3.8, 4) is 0 Å². The maximum absolute atomic E-state index is 11.6. The Labute approximate surface area is 102 Å². The Hall–Kier alpha value is -1.32. The SMILES string of the molecule is CCCC(CNC(=O)CC1C=CCC1)C(=O)O. The van der Waals surface area contributed by atoms with Crippen LogP contribution < -0.4 is 5.32 Å². The quantitative estimate of drug-likeness (QED) is 0.667. The number of aliphatic carboxylic acids is 1. The molecule has 0 bridgehead atoms. The minimum Gasteiger partial charge on any atom is -0.481 e. The Kier molecular flexibility index (Phi) is 5.73. The topological polar surface area (TPSA) is 66.4 Å². The number of carbonyl (C=O) groups is 2. The number of hydrogen-bond acceptors (Lipinski definition) is 2. The molecule has 0 radical (unpaired) electrons. The molecule has 17 heavy (non-hydrogen) atoms. The van der Waals surface area contributed by atoms with E-state index >= 15 is 0 Å². The van der Waals surface area contributed by atoms with Gasteiger partial charge in [-0.1, -0.05) is 25.5 Å². The van der Waals surface area contributed by atoms with Crippen molar-refractivity contribution in [1.29, 1.82) is 0 Å². The zero-order valence-electron chi connectivity index (χ0n) is 10.3. The lowest BCUT2D eigenvalue weighted by Gasteiger charge is -2.13. The van der Waals surface area contributed by atoms with Gasteiger partial charge in [-0.3, -0.25) is 9.59 Å². The van der Waals surface area contributed by atoms with E-state index in [1.165, 1.54) is 0 Å². The van der Waals surface area contributed by atoms with Crippen molar-refractivity contribution in [3.63, 3.8) is 0 Å². The third-order valence-electron chi connectivity index (χ3n) is 3.09. The number of rotatable bonds is 7. The van der Waals surface area contributed by atoms with E-state index in [0.717, 1.165) is 19.3 Å². The van der Waals surface area contributed by atoms with Gasteiger partial charge >= 0.3 is 5.97 Å². The molecule has 0 saturated heterocycles. The molecule has 2 atom stereocenters. The molecule has 1 rings (SSSR count). The average molecular weight is 239 g/mol. The van der Waals surface area contributed by atoms with Gasteiger partial charge in [0.25, 0.3) is 0 Å². The van der Waals surface area contributed by atoms with E-state index in [1.54, 1.807) is 0 Å². The lowest BCUT2D eigenvalue weighted by Crippen LogP contribution is -2.33. The number of carboxylic acid groups (broad SMARTS) is 1. The van der Waals surface area contributed by atoms with Crippen LogP contribution >= 0.6 is 0 Å². The highest BCUT2D eigenvalue weighted by atomic mass is 16.4. The van der Waals surface area contributed by atoms with E-state index in [0.29, 0.717) is 18.8 Å². The summed E-state index contributed by atoms with van der Waals surface area (Å²) in [6, 6.07) is 0. The van der Waals surface area contributed by atoms with Crippen molar-refractivity contribution in [3.05, 3.63) is 12.2 Å². The first-order chi connectivity index (χ1) is 8.13. The summed E-state index contributed by atoms with van der Waals surface area (Å²) in [4.78, 5) is 22.5. The fourth-order valence-electron chi connectivity index (χ4n) is 2.07. The minimum absolute atomic E-state index is 0.0381. The molecule has 0 spiro atoms. The Morgan fingerprint density at radius 1 is 1.53 bits per heavy atom. The van der Waals surface area contributed by atoms with Gasteiger partial charge in [-0.25, -0.2) is 0 Å². The predicted octanol–water partition coefficient (Wildman–Crippen LogP) is 1.96. The highest BCUT2D eigenvalue weighted by Gasteiger charge is 2.18. The average Bonchev–Trinajstić information content (AvgIpc) is 2.76. The number of hydrogen-bond donors (Lipinski definition) is 2. The summed E-state index contributed by atoms with van der Waals surface area (Å²) in [5, 5.41) is 11.7. The van der Waals surface area contributed by atoms with Crippen LogP contribution in [0.2, 0.25) is 0 Å². The largest absolute Gasteiger partial charge is 0.481 e. The fraction of sp³-hybridized carbons (Fsp3) is 0.692. The lowest BCUT2D eigenvalue weighted by atomic mass is 10.0. The molecule has 0 aliphatic heterocycles. The van der Waals surface area contributed by atoms with E-state index in [9.17, 15) is 9.59 Å². The lowest BCUT2D eigenvalue weighted by molar-refractivity contribution is -0.141. The number of allylic oxidation sites excluding steroid dienone is 2. The smallest absolute Gasteiger partial charge is 0.308 e. The third kappa shape index (κ3) is 5.02. The molecule has 1 aliphatic carbocycles. The molecule has 1 aliphatic rings. The highest BCUT2D eigenvalue weighted by molar-refractivity contribution is 5.77. The summed E-state index contributed by atoms with van der Waals surface area (Å²) < 4.78 is 0. The summed E-state index contributed by atoms with van der Waals surface area (Å²) in [6.07, 6.45) is 8.15. The van der Waals surface area contributed by atoms with Crippen LogP contribution in [0.25, 0.3) is 0 Å². The van der Waals surface area contributed by atoms with Crippen molar-refractivity contribution in [2.45, 2.75) is 39.0 Å². The van der Waals surface area contributed by atoms with Gasteiger partial charge < -0.3 is 10.4 Å². The summed E-state index contributed by atoms with van der Waals surface area (Å²) in [5.74, 6) is -0.982. The van der Waals surface area contributed by atoms with Crippen molar-refractivity contribution in [2.24, 2.45) is 11.8 Å². The molecule has 4 nitrogen and oxygen atoms in total. The maximum atomic E-state index is 11.6. The monoisotopic (exact) mass is 239 g/mol. The van der Waals surface area contributed by atoms with Crippen LogP contribution in [0, 0.1) is 11.8 Å². The van der Waals surface area contributed by atoms with Crippen LogP contribution in [0.5, 0.6) is 0 Å². The summed E-state index contributed by atoms with van der Waals surface area (Å²) >= 11 is 0. The Morgan fingerprint density at radius 2 is 2.29 bits per heavy atom. The molecule has 0 aromatic heterocycles. The van der Waals surface area contributed by atoms with Gasteiger partial charge in [0.1, 0.15) is 0 Å². The molecular weight excluding hydrogens is 218 g/mol. The van der Waals surface area contributed by atoms with Crippen LogP contribution in [-0.4, -0.2) is 23.5 Å². The van der Waals surface area contributed by atoms with E-state index in [1.807, 2.05) is 6.92 Å². The minimum atomic E-state index is -0.826. The molecule has 0 aromatic carbocycles. The molecule has 0 heterocycles. The van der Waals surface area contributed by atoms with Crippen molar-refractivity contribution >= 4 is 11.9 Å². The Morgan fingerprint density at radius 3 is 2.82 bits per heavy atom. The molecule has 4 heteroatoms. The first-order valence-corrected chi connectivity index (χ1v) is 6.29. The van der Waals surface area contributed by atoms with Crippen molar-refractivity contribution in [1.82, 2.24) is 5.32 Å². The second-order valence-corrected chi connectivity index (χ2v) is 4.60. The van der Waals surface area contributed by atoms with Gasteiger partial charge in [0, 0.05) is 13.0 Å². The first kappa shape index (κ1) is 13.7. The molecule has 1 amide bonds. The Balaban J connectivity index is 2.25. The molecule has 2 N–H and O–H groups in total. The van der Waals surface area contributed by atoms with Gasteiger partial charge in [0.05, 0.1) is 5.92 Å². The van der Waals surface area contributed by atoms with Crippen LogP contribution in [0.1, 0.15) is 39.0 Å². The van der Waals surface area contributed by atoms with E-state index in [4.69, 9.17) is 5.11 Å². The second-order valence-electron chi connectivity index (χ2n) is 4.60. The summed E-state index contributed by atoms with van der Waals surface area (Å²) in [6.45, 7) is 2.19. The van der Waals surface area contributed by atoms with Gasteiger partial charge in [-0.05, 0) is 25.2 Å². The Bertz CT molecular complexity index is 299. The zero-order valence-corrected chi connectivity index (χ0v) is 10.3. The van der Waals surface area contributed by atoms with Crippen molar-refractivity contribution < 1.29 is 14.7 Å². The fourth-order valence-corrected chi connectivity index (χ4v) is 2.07. The first-order valence-electron chi connectivity index (χ1n) is 6.29. The van der Waals surface area contributed by atoms with Gasteiger partial charge in [0.15, 0.2) is 0 Å². The molecule has 0 saturated carbocycles. The summed E-state index contributed by atoms with van der Waals surface area (Å²) in [7, 11) is 0. The van der Waals surface area contributed by atoms with Gasteiger partial charge in [-0.2, -0.15) is 0 Å². The number of carboxylic acids is 1. The van der Waals surface area contributed by atoms with Crippen LogP contribution in [0.15, 0.2) is 12.2 Å². The number of carbonyl (C=O) groups excluding carboxylic acids is 1. The van der Waals surface area contributed by atoms with E-state index in [2.05, 4.69) is 17.5 Å². The van der Waals surface area contributed by atoms with Crippen LogP contribution in [0.4, 0.5) is 0 Å². The predicted molar refractivity (Wildman–Crippen MR) is 65.5 cm³/mol. The van der Waals surface area contributed by atoms with Crippen molar-refractivity contribution in [2.75, 3.05) is 6.54 Å². The van der Waals surface area contributed by atoms with Gasteiger partial charge in [-0.15, -0.1) is 0 Å². The second kappa shape index (κ2) is 7.09. The molecule has 96 valence electrons. The molecular formula is C13H21NO3. The molecule has 0 aromatic rings. The summed E-state index contributed by atoms with van der Waals surface area (Å²) in [5.41, 5.74) is 0.